The molecule has 182 valence electrons. The summed E-state index contributed by atoms with van der Waals surface area (Å²) in [6, 6.07) is 14.6. The van der Waals surface area contributed by atoms with Crippen molar-refractivity contribution in [2.24, 2.45) is 0 Å². The molecule has 0 radical (unpaired) electrons. The van der Waals surface area contributed by atoms with Crippen LogP contribution in [0.5, 0.6) is 5.75 Å². The summed E-state index contributed by atoms with van der Waals surface area (Å²) in [5.74, 6) is 1.35. The van der Waals surface area contributed by atoms with Gasteiger partial charge < -0.3 is 10.1 Å². The third-order valence-corrected chi connectivity index (χ3v) is 7.94. The van der Waals surface area contributed by atoms with Gasteiger partial charge in [0.1, 0.15) is 5.75 Å². The van der Waals surface area contributed by atoms with E-state index in [1.807, 2.05) is 41.8 Å². The van der Waals surface area contributed by atoms with Crippen LogP contribution < -0.4 is 14.8 Å². The number of hydrogen-bond donors (Lipinski definition) is 3. The van der Waals surface area contributed by atoms with Crippen LogP contribution in [0.2, 0.25) is 0 Å². The zero-order valence-corrected chi connectivity index (χ0v) is 21.3. The van der Waals surface area contributed by atoms with E-state index in [2.05, 4.69) is 15.4 Å². The smallest absolute Gasteiger partial charge is 0.357 e. The van der Waals surface area contributed by atoms with Crippen LogP contribution in [0.3, 0.4) is 0 Å². The third-order valence-electron chi connectivity index (χ3n) is 5.65. The Morgan fingerprint density at radius 3 is 2.57 bits per heavy atom. The molecule has 2 heterocycles. The fourth-order valence-corrected chi connectivity index (χ4v) is 6.01. The summed E-state index contributed by atoms with van der Waals surface area (Å²) in [5, 5.41) is 9.62. The van der Waals surface area contributed by atoms with Crippen LogP contribution in [0.25, 0.3) is 11.3 Å². The van der Waals surface area contributed by atoms with Crippen LogP contribution in [0.15, 0.2) is 59.3 Å². The predicted molar refractivity (Wildman–Crippen MR) is 140 cm³/mol. The molecule has 1 fully saturated rings. The monoisotopic (exact) mass is 528 g/mol. The van der Waals surface area contributed by atoms with E-state index in [4.69, 9.17) is 19.3 Å². The molecule has 1 atom stereocenters. The summed E-state index contributed by atoms with van der Waals surface area (Å²) in [6.45, 7) is 0. The van der Waals surface area contributed by atoms with Crippen molar-refractivity contribution in [2.45, 2.75) is 31.2 Å². The first kappa shape index (κ1) is 23.7. The Bertz CT molecular complexity index is 1410. The SMILES string of the molecule is COc1ccccc1-c1csc(N[C@@H](Cc2ccc(NS(=O)(=O)O)cc2)c2csc(C3CC3)n2)n1. The quantitative estimate of drug-likeness (QED) is 0.224. The molecule has 0 saturated heterocycles. The Balaban J connectivity index is 1.38. The molecule has 2 aromatic heterocycles. The summed E-state index contributed by atoms with van der Waals surface area (Å²) >= 11 is 3.22. The lowest BCUT2D eigenvalue weighted by atomic mass is 10.0. The van der Waals surface area contributed by atoms with Gasteiger partial charge in [-0.2, -0.15) is 8.42 Å². The second kappa shape index (κ2) is 9.94. The van der Waals surface area contributed by atoms with Crippen molar-refractivity contribution in [1.29, 1.82) is 0 Å². The van der Waals surface area contributed by atoms with Gasteiger partial charge in [-0.3, -0.25) is 9.27 Å². The molecule has 3 N–H and O–H groups in total. The number of nitrogens with one attached hydrogen (secondary N) is 2. The third kappa shape index (κ3) is 5.99. The minimum atomic E-state index is -4.31. The molecule has 0 amide bonds. The van der Waals surface area contributed by atoms with Crippen LogP contribution in [0.4, 0.5) is 10.8 Å². The van der Waals surface area contributed by atoms with E-state index >= 15 is 0 Å². The average molecular weight is 529 g/mol. The van der Waals surface area contributed by atoms with Crippen molar-refractivity contribution < 1.29 is 17.7 Å². The molecule has 1 aliphatic carbocycles. The number of ether oxygens (including phenoxy) is 1. The highest BCUT2D eigenvalue weighted by Crippen LogP contribution is 2.42. The highest BCUT2D eigenvalue weighted by atomic mass is 32.2. The van der Waals surface area contributed by atoms with Crippen molar-refractivity contribution in [3.8, 4) is 17.0 Å². The van der Waals surface area contributed by atoms with Crippen molar-refractivity contribution >= 4 is 43.8 Å². The van der Waals surface area contributed by atoms with Gasteiger partial charge in [-0.05, 0) is 49.1 Å². The highest BCUT2D eigenvalue weighted by molar-refractivity contribution is 7.87. The second-order valence-electron chi connectivity index (χ2n) is 8.30. The minimum Gasteiger partial charge on any atom is -0.496 e. The molecular weight excluding hydrogens is 504 g/mol. The fraction of sp³-hybridized carbons (Fsp3) is 0.250. The molecule has 1 saturated carbocycles. The zero-order chi connectivity index (χ0) is 24.4. The van der Waals surface area contributed by atoms with E-state index in [1.165, 1.54) is 29.2 Å². The standard InChI is InChI=1S/C24H24N4O4S3/c1-32-22-5-3-2-4-18(22)20-13-34-24(27-20)26-19(21-14-33-23(25-21)16-8-9-16)12-15-6-10-17(11-7-15)28-35(29,30)31/h2-7,10-11,13-14,16,19,28H,8-9,12H2,1H3,(H,26,27)(H,29,30,31)/t19-/m0/s1. The first-order chi connectivity index (χ1) is 16.9. The molecule has 11 heteroatoms. The predicted octanol–water partition coefficient (Wildman–Crippen LogP) is 5.76. The minimum absolute atomic E-state index is 0.115. The van der Waals surface area contributed by atoms with Crippen LogP contribution in [-0.2, 0) is 16.7 Å². The van der Waals surface area contributed by atoms with Crippen LogP contribution in [0, 0.1) is 0 Å². The Kier molecular flexibility index (Phi) is 6.74. The molecular formula is C24H24N4O4S3. The van der Waals surface area contributed by atoms with Crippen molar-refractivity contribution in [2.75, 3.05) is 17.1 Å². The summed E-state index contributed by atoms with van der Waals surface area (Å²) in [4.78, 5) is 9.71. The molecule has 4 aromatic rings. The maximum Gasteiger partial charge on any atom is 0.357 e. The van der Waals surface area contributed by atoms with E-state index in [1.54, 1.807) is 30.6 Å². The van der Waals surface area contributed by atoms with Gasteiger partial charge in [0.15, 0.2) is 5.13 Å². The largest absolute Gasteiger partial charge is 0.496 e. The van der Waals surface area contributed by atoms with Gasteiger partial charge in [0, 0.05) is 22.2 Å². The lowest BCUT2D eigenvalue weighted by Gasteiger charge is -2.17. The molecule has 0 aliphatic heterocycles. The number of nitrogens with zero attached hydrogens (tertiary/aromatic N) is 2. The molecule has 0 spiro atoms. The Morgan fingerprint density at radius 1 is 1.09 bits per heavy atom. The van der Waals surface area contributed by atoms with E-state index in [-0.39, 0.29) is 6.04 Å². The number of methoxy groups -OCH3 is 1. The fourth-order valence-electron chi connectivity index (χ4n) is 3.77. The molecule has 0 unspecified atom stereocenters. The number of thiazole rings is 2. The van der Waals surface area contributed by atoms with Crippen molar-refractivity contribution in [3.05, 3.63) is 75.6 Å². The molecule has 0 bridgehead atoms. The van der Waals surface area contributed by atoms with Gasteiger partial charge in [-0.1, -0.05) is 24.3 Å². The average Bonchev–Trinajstić information content (AvgIpc) is 3.38. The molecule has 2 aromatic carbocycles. The van der Waals surface area contributed by atoms with E-state index in [9.17, 15) is 8.42 Å². The zero-order valence-electron chi connectivity index (χ0n) is 18.8. The summed E-state index contributed by atoms with van der Waals surface area (Å²) < 4.78 is 38.7. The Hall–Kier alpha value is -2.99. The van der Waals surface area contributed by atoms with Gasteiger partial charge in [0.05, 0.1) is 35.2 Å². The first-order valence-corrected chi connectivity index (χ1v) is 14.2. The van der Waals surface area contributed by atoms with Crippen molar-refractivity contribution in [1.82, 2.24) is 9.97 Å². The molecule has 8 nitrogen and oxygen atoms in total. The summed E-state index contributed by atoms with van der Waals surface area (Å²) in [6.07, 6.45) is 3.02. The van der Waals surface area contributed by atoms with Crippen molar-refractivity contribution in [3.63, 3.8) is 0 Å². The van der Waals surface area contributed by atoms with Crippen LogP contribution >= 0.6 is 22.7 Å². The Labute approximate surface area is 211 Å². The number of anilines is 2. The number of para-hydroxylation sites is 1. The van der Waals surface area contributed by atoms with Crippen LogP contribution in [0.1, 0.15) is 41.1 Å². The lowest BCUT2D eigenvalue weighted by Crippen LogP contribution is -2.14. The van der Waals surface area contributed by atoms with Gasteiger partial charge in [-0.25, -0.2) is 9.97 Å². The van der Waals surface area contributed by atoms with E-state index in [0.29, 0.717) is 18.0 Å². The number of benzene rings is 2. The summed E-state index contributed by atoms with van der Waals surface area (Å²) in [5.41, 5.74) is 4.03. The highest BCUT2D eigenvalue weighted by Gasteiger charge is 2.28. The number of rotatable bonds is 10. The van der Waals surface area contributed by atoms with Crippen LogP contribution in [-0.4, -0.2) is 30.0 Å². The second-order valence-corrected chi connectivity index (χ2v) is 11.2. The first-order valence-electron chi connectivity index (χ1n) is 11.0. The maximum absolute atomic E-state index is 11.1. The van der Waals surface area contributed by atoms with Gasteiger partial charge in [0.25, 0.3) is 0 Å². The molecule has 1 aliphatic rings. The lowest BCUT2D eigenvalue weighted by molar-refractivity contribution is 0.416. The topological polar surface area (TPSA) is 113 Å². The van der Waals surface area contributed by atoms with Gasteiger partial charge >= 0.3 is 10.3 Å². The van der Waals surface area contributed by atoms with Gasteiger partial charge in [-0.15, -0.1) is 22.7 Å². The number of aromatic nitrogens is 2. The molecule has 35 heavy (non-hydrogen) atoms. The number of hydrogen-bond acceptors (Lipinski definition) is 8. The summed E-state index contributed by atoms with van der Waals surface area (Å²) in [7, 11) is -2.66. The maximum atomic E-state index is 11.1. The van der Waals surface area contributed by atoms with Gasteiger partial charge in [0.2, 0.25) is 0 Å². The Morgan fingerprint density at radius 2 is 1.86 bits per heavy atom. The molecule has 5 rings (SSSR count). The van der Waals surface area contributed by atoms with E-state index in [0.717, 1.165) is 33.4 Å². The van der Waals surface area contributed by atoms with E-state index < -0.39 is 10.3 Å². The normalized spacial score (nSPS) is 14.5.